The lowest BCUT2D eigenvalue weighted by Gasteiger charge is -2.27. The Kier molecular flexibility index (Phi) is 2.93. The molecular formula is C10H18N4S. The summed E-state index contributed by atoms with van der Waals surface area (Å²) in [5, 5.41) is 1.07. The van der Waals surface area contributed by atoms with Gasteiger partial charge in [-0.1, -0.05) is 0 Å². The van der Waals surface area contributed by atoms with Gasteiger partial charge in [0.15, 0.2) is 0 Å². The van der Waals surface area contributed by atoms with E-state index < -0.39 is 0 Å². The molecule has 84 valence electrons. The molecule has 15 heavy (non-hydrogen) atoms. The monoisotopic (exact) mass is 226 g/mol. The summed E-state index contributed by atoms with van der Waals surface area (Å²) < 4.78 is 4.24. The third kappa shape index (κ3) is 1.99. The largest absolute Gasteiger partial charge is 0.343 e. The van der Waals surface area contributed by atoms with Gasteiger partial charge in [-0.25, -0.2) is 4.98 Å². The fraction of sp³-hybridized carbons (Fsp3) is 0.800. The molecule has 2 heterocycles. The highest BCUT2D eigenvalue weighted by atomic mass is 32.1. The third-order valence-electron chi connectivity index (χ3n) is 3.14. The number of aryl methyl sites for hydroxylation is 1. The Morgan fingerprint density at radius 1 is 1.47 bits per heavy atom. The molecule has 0 bridgehead atoms. The Balaban J connectivity index is 2.13. The van der Waals surface area contributed by atoms with E-state index in [1.807, 2.05) is 6.92 Å². The van der Waals surface area contributed by atoms with Gasteiger partial charge in [0.1, 0.15) is 5.82 Å². The molecule has 1 saturated heterocycles. The Morgan fingerprint density at radius 2 is 2.20 bits per heavy atom. The topological polar surface area (TPSA) is 32.3 Å². The van der Waals surface area contributed by atoms with Gasteiger partial charge in [0.2, 0.25) is 5.13 Å². The SMILES string of the molecule is Cc1nsc(N2CCC(N(C)C)C2C)n1. The second-order valence-electron chi connectivity index (χ2n) is 4.38. The first kappa shape index (κ1) is 10.8. The van der Waals surface area contributed by atoms with Gasteiger partial charge in [-0.3, -0.25) is 0 Å². The lowest BCUT2D eigenvalue weighted by Crippen LogP contribution is -2.39. The lowest BCUT2D eigenvalue weighted by molar-refractivity contribution is 0.283. The van der Waals surface area contributed by atoms with Gasteiger partial charge in [-0.2, -0.15) is 4.37 Å². The molecule has 2 atom stereocenters. The molecule has 0 amide bonds. The van der Waals surface area contributed by atoms with Crippen molar-refractivity contribution in [1.29, 1.82) is 0 Å². The number of nitrogens with zero attached hydrogens (tertiary/aromatic N) is 4. The first-order valence-corrected chi connectivity index (χ1v) is 6.10. The van der Waals surface area contributed by atoms with Crippen molar-refractivity contribution in [2.24, 2.45) is 0 Å². The summed E-state index contributed by atoms with van der Waals surface area (Å²) in [6.45, 7) is 5.32. The number of hydrogen-bond donors (Lipinski definition) is 0. The molecule has 0 aliphatic carbocycles. The predicted octanol–water partition coefficient (Wildman–Crippen LogP) is 1.38. The Hall–Kier alpha value is -0.680. The number of aromatic nitrogens is 2. The highest BCUT2D eigenvalue weighted by Gasteiger charge is 2.33. The van der Waals surface area contributed by atoms with Crippen molar-refractivity contribution in [1.82, 2.24) is 14.3 Å². The van der Waals surface area contributed by atoms with Gasteiger partial charge < -0.3 is 9.80 Å². The number of hydrogen-bond acceptors (Lipinski definition) is 5. The van der Waals surface area contributed by atoms with Crippen LogP contribution in [-0.2, 0) is 0 Å². The van der Waals surface area contributed by atoms with E-state index in [-0.39, 0.29) is 0 Å². The van der Waals surface area contributed by atoms with Crippen LogP contribution < -0.4 is 4.90 Å². The molecule has 5 heteroatoms. The summed E-state index contributed by atoms with van der Waals surface area (Å²) in [4.78, 5) is 9.13. The standard InChI is InChI=1S/C10H18N4S/c1-7-9(13(3)4)5-6-14(7)10-11-8(2)12-15-10/h7,9H,5-6H2,1-4H3. The Labute approximate surface area is 95.1 Å². The molecule has 1 aliphatic heterocycles. The summed E-state index contributed by atoms with van der Waals surface area (Å²) in [6.07, 6.45) is 1.22. The lowest BCUT2D eigenvalue weighted by atomic mass is 10.1. The van der Waals surface area contributed by atoms with Crippen molar-refractivity contribution in [2.45, 2.75) is 32.4 Å². The first-order chi connectivity index (χ1) is 7.09. The van der Waals surface area contributed by atoms with Gasteiger partial charge in [-0.05, 0) is 34.4 Å². The predicted molar refractivity (Wildman–Crippen MR) is 63.5 cm³/mol. The molecule has 2 rings (SSSR count). The third-order valence-corrected chi connectivity index (χ3v) is 3.98. The normalized spacial score (nSPS) is 26.6. The minimum absolute atomic E-state index is 0.535. The minimum atomic E-state index is 0.535. The molecular weight excluding hydrogens is 208 g/mol. The molecule has 0 N–H and O–H groups in total. The van der Waals surface area contributed by atoms with Crippen molar-refractivity contribution in [2.75, 3.05) is 25.5 Å². The van der Waals surface area contributed by atoms with E-state index in [9.17, 15) is 0 Å². The van der Waals surface area contributed by atoms with E-state index in [4.69, 9.17) is 0 Å². The van der Waals surface area contributed by atoms with Crippen LogP contribution in [0.25, 0.3) is 0 Å². The van der Waals surface area contributed by atoms with Gasteiger partial charge in [0.05, 0.1) is 0 Å². The average Bonchev–Trinajstić information content (AvgIpc) is 2.71. The summed E-state index contributed by atoms with van der Waals surface area (Å²) in [5.74, 6) is 0.885. The van der Waals surface area contributed by atoms with Crippen molar-refractivity contribution >= 4 is 16.7 Å². The van der Waals surface area contributed by atoms with Crippen molar-refractivity contribution < 1.29 is 0 Å². The van der Waals surface area contributed by atoms with Crippen LogP contribution in [0, 0.1) is 6.92 Å². The molecule has 1 aromatic heterocycles. The van der Waals surface area contributed by atoms with E-state index in [0.29, 0.717) is 12.1 Å². The van der Waals surface area contributed by atoms with Crippen molar-refractivity contribution in [3.63, 3.8) is 0 Å². The average molecular weight is 226 g/mol. The highest BCUT2D eigenvalue weighted by molar-refractivity contribution is 7.09. The molecule has 2 unspecified atom stereocenters. The molecule has 1 fully saturated rings. The van der Waals surface area contributed by atoms with Crippen LogP contribution in [0.15, 0.2) is 0 Å². The van der Waals surface area contributed by atoms with Gasteiger partial charge in [0.25, 0.3) is 0 Å². The fourth-order valence-corrected chi connectivity index (χ4v) is 3.08. The summed E-state index contributed by atoms with van der Waals surface area (Å²) in [5.41, 5.74) is 0. The summed E-state index contributed by atoms with van der Waals surface area (Å²) in [7, 11) is 4.30. The Bertz CT molecular complexity index is 336. The van der Waals surface area contributed by atoms with Crippen LogP contribution in [-0.4, -0.2) is 47.0 Å². The highest BCUT2D eigenvalue weighted by Crippen LogP contribution is 2.28. The number of rotatable bonds is 2. The molecule has 4 nitrogen and oxygen atoms in total. The van der Waals surface area contributed by atoms with Crippen LogP contribution in [0.5, 0.6) is 0 Å². The number of likely N-dealkylation sites (N-methyl/N-ethyl adjacent to an activating group) is 1. The van der Waals surface area contributed by atoms with Crippen LogP contribution in [0.1, 0.15) is 19.2 Å². The molecule has 1 aromatic rings. The fourth-order valence-electron chi connectivity index (χ4n) is 2.29. The maximum absolute atomic E-state index is 4.45. The van der Waals surface area contributed by atoms with Crippen molar-refractivity contribution in [3.8, 4) is 0 Å². The van der Waals surface area contributed by atoms with Gasteiger partial charge in [0, 0.05) is 30.2 Å². The zero-order chi connectivity index (χ0) is 11.0. The van der Waals surface area contributed by atoms with Gasteiger partial charge >= 0.3 is 0 Å². The molecule has 1 aliphatic rings. The van der Waals surface area contributed by atoms with Crippen LogP contribution in [0.2, 0.25) is 0 Å². The zero-order valence-electron chi connectivity index (χ0n) is 9.77. The van der Waals surface area contributed by atoms with E-state index in [2.05, 4.69) is 40.2 Å². The molecule has 0 radical (unpaired) electrons. The minimum Gasteiger partial charge on any atom is -0.343 e. The van der Waals surface area contributed by atoms with Crippen molar-refractivity contribution in [3.05, 3.63) is 5.82 Å². The Morgan fingerprint density at radius 3 is 2.67 bits per heavy atom. The first-order valence-electron chi connectivity index (χ1n) is 5.33. The molecule has 0 saturated carbocycles. The van der Waals surface area contributed by atoms with E-state index >= 15 is 0 Å². The number of anilines is 1. The second-order valence-corrected chi connectivity index (χ2v) is 5.11. The van der Waals surface area contributed by atoms with E-state index in [0.717, 1.165) is 17.5 Å². The zero-order valence-corrected chi connectivity index (χ0v) is 10.6. The van der Waals surface area contributed by atoms with Gasteiger partial charge in [-0.15, -0.1) is 0 Å². The van der Waals surface area contributed by atoms with E-state index in [1.165, 1.54) is 18.0 Å². The quantitative estimate of drug-likeness (QED) is 0.762. The molecule has 0 aromatic carbocycles. The van der Waals surface area contributed by atoms with Crippen LogP contribution >= 0.6 is 11.5 Å². The maximum Gasteiger partial charge on any atom is 0.205 e. The maximum atomic E-state index is 4.45. The summed E-state index contributed by atoms with van der Waals surface area (Å²) in [6, 6.07) is 1.17. The second kappa shape index (κ2) is 4.06. The smallest absolute Gasteiger partial charge is 0.205 e. The molecule has 0 spiro atoms. The van der Waals surface area contributed by atoms with Crippen LogP contribution in [0.3, 0.4) is 0 Å². The summed E-state index contributed by atoms with van der Waals surface area (Å²) >= 11 is 1.51. The van der Waals surface area contributed by atoms with Crippen LogP contribution in [0.4, 0.5) is 5.13 Å². The van der Waals surface area contributed by atoms with E-state index in [1.54, 1.807) is 0 Å².